The Kier molecular flexibility index (Phi) is 4.74. The predicted octanol–water partition coefficient (Wildman–Crippen LogP) is 5.58. The van der Waals surface area contributed by atoms with Crippen LogP contribution in [0.25, 0.3) is 22.0 Å². The van der Waals surface area contributed by atoms with Gasteiger partial charge >= 0.3 is 0 Å². The van der Waals surface area contributed by atoms with Gasteiger partial charge in [-0.3, -0.25) is 4.98 Å². The Hall–Kier alpha value is -1.90. The molecule has 2 aromatic carbocycles. The van der Waals surface area contributed by atoms with Crippen LogP contribution in [-0.4, -0.2) is 29.0 Å². The minimum absolute atomic E-state index is 0.724. The van der Waals surface area contributed by atoms with Crippen molar-refractivity contribution in [3.05, 3.63) is 65.3 Å². The molecule has 2 heterocycles. The second-order valence-electron chi connectivity index (χ2n) is 6.99. The number of aromatic nitrogens is 1. The summed E-state index contributed by atoms with van der Waals surface area (Å²) >= 11 is 5.98. The zero-order valence-electron chi connectivity index (χ0n) is 14.6. The number of hydrogen-bond donors (Lipinski definition) is 0. The molecule has 1 saturated heterocycles. The van der Waals surface area contributed by atoms with Gasteiger partial charge in [-0.25, -0.2) is 0 Å². The Morgan fingerprint density at radius 3 is 2.60 bits per heavy atom. The zero-order chi connectivity index (χ0) is 17.2. The summed E-state index contributed by atoms with van der Waals surface area (Å²) < 4.78 is 0. The Bertz CT molecular complexity index is 873. The van der Waals surface area contributed by atoms with Gasteiger partial charge in [-0.1, -0.05) is 35.9 Å². The van der Waals surface area contributed by atoms with Crippen LogP contribution in [0.3, 0.4) is 0 Å². The first-order chi connectivity index (χ1) is 12.2. The molecule has 2 nitrogen and oxygen atoms in total. The highest BCUT2D eigenvalue weighted by molar-refractivity contribution is 6.30. The van der Waals surface area contributed by atoms with Crippen molar-refractivity contribution in [2.75, 3.05) is 13.1 Å². The lowest BCUT2D eigenvalue weighted by Gasteiger charge is -2.20. The average Bonchev–Trinajstić information content (AvgIpc) is 3.05. The van der Waals surface area contributed by atoms with E-state index in [-0.39, 0.29) is 0 Å². The van der Waals surface area contributed by atoms with Crippen molar-refractivity contribution in [3.63, 3.8) is 0 Å². The highest BCUT2D eigenvalue weighted by Crippen LogP contribution is 2.25. The van der Waals surface area contributed by atoms with Crippen molar-refractivity contribution in [3.8, 4) is 11.1 Å². The summed E-state index contributed by atoms with van der Waals surface area (Å²) in [5.74, 6) is 0. The molecule has 1 aromatic heterocycles. The van der Waals surface area contributed by atoms with Crippen molar-refractivity contribution in [1.29, 1.82) is 0 Å². The second kappa shape index (κ2) is 7.15. The third kappa shape index (κ3) is 3.70. The maximum Gasteiger partial charge on any atom is 0.0705 e. The minimum Gasteiger partial charge on any atom is -0.300 e. The average molecular weight is 351 g/mol. The minimum atomic E-state index is 0.724. The number of rotatable bonds is 4. The molecule has 0 saturated carbocycles. The van der Waals surface area contributed by atoms with Gasteiger partial charge in [0.2, 0.25) is 0 Å². The molecule has 0 amide bonds. The van der Waals surface area contributed by atoms with Crippen molar-refractivity contribution in [1.82, 2.24) is 9.88 Å². The molecule has 4 rings (SSSR count). The van der Waals surface area contributed by atoms with Crippen LogP contribution < -0.4 is 0 Å². The van der Waals surface area contributed by atoms with Crippen LogP contribution in [0.5, 0.6) is 0 Å². The molecule has 0 spiro atoms. The van der Waals surface area contributed by atoms with E-state index in [1.807, 2.05) is 12.1 Å². The van der Waals surface area contributed by atoms with Gasteiger partial charge in [0.25, 0.3) is 0 Å². The number of halogens is 1. The normalized spacial score (nSPS) is 18.1. The van der Waals surface area contributed by atoms with Gasteiger partial charge < -0.3 is 4.90 Å². The molecule has 1 aliphatic heterocycles. The molecule has 3 aromatic rings. The maximum absolute atomic E-state index is 5.98. The first kappa shape index (κ1) is 16.6. The van der Waals surface area contributed by atoms with Gasteiger partial charge in [0.05, 0.1) is 5.52 Å². The van der Waals surface area contributed by atoms with Crippen molar-refractivity contribution in [2.45, 2.75) is 32.2 Å². The summed E-state index contributed by atoms with van der Waals surface area (Å²) in [7, 11) is 0. The van der Waals surface area contributed by atoms with Crippen LogP contribution in [0.4, 0.5) is 0 Å². The molecule has 0 N–H and O–H groups in total. The number of hydrogen-bond acceptors (Lipinski definition) is 2. The first-order valence-electron chi connectivity index (χ1n) is 9.09. The maximum atomic E-state index is 5.98. The van der Waals surface area contributed by atoms with Crippen LogP contribution in [0, 0.1) is 0 Å². The summed E-state index contributed by atoms with van der Waals surface area (Å²) in [5, 5.41) is 1.95. The van der Waals surface area contributed by atoms with Crippen LogP contribution in [0.1, 0.15) is 25.5 Å². The molecule has 1 atom stereocenters. The SMILES string of the molecule is CC1CCCN1CCc1ccc2cc(-c3ccc(Cl)cc3)ccc2n1. The van der Waals surface area contributed by atoms with Gasteiger partial charge in [-0.05, 0) is 67.8 Å². The lowest BCUT2D eigenvalue weighted by Crippen LogP contribution is -2.29. The number of pyridine rings is 1. The second-order valence-corrected chi connectivity index (χ2v) is 7.43. The molecular formula is C22H23ClN2. The van der Waals surface area contributed by atoms with Gasteiger partial charge in [-0.2, -0.15) is 0 Å². The van der Waals surface area contributed by atoms with E-state index in [0.29, 0.717) is 0 Å². The third-order valence-electron chi connectivity index (χ3n) is 5.27. The lowest BCUT2D eigenvalue weighted by molar-refractivity contribution is 0.271. The first-order valence-corrected chi connectivity index (χ1v) is 9.46. The quantitative estimate of drug-likeness (QED) is 0.610. The fraction of sp³-hybridized carbons (Fsp3) is 0.318. The Morgan fingerprint density at radius 1 is 1.04 bits per heavy atom. The summed E-state index contributed by atoms with van der Waals surface area (Å²) in [4.78, 5) is 7.44. The van der Waals surface area contributed by atoms with Crippen LogP contribution in [-0.2, 0) is 6.42 Å². The molecule has 25 heavy (non-hydrogen) atoms. The zero-order valence-corrected chi connectivity index (χ0v) is 15.3. The summed E-state index contributed by atoms with van der Waals surface area (Å²) in [5.41, 5.74) is 4.64. The largest absolute Gasteiger partial charge is 0.300 e. The van der Waals surface area contributed by atoms with Gasteiger partial charge in [0, 0.05) is 35.1 Å². The van der Waals surface area contributed by atoms with Gasteiger partial charge in [-0.15, -0.1) is 0 Å². The predicted molar refractivity (Wildman–Crippen MR) is 106 cm³/mol. The number of nitrogens with zero attached hydrogens (tertiary/aromatic N) is 2. The highest BCUT2D eigenvalue weighted by atomic mass is 35.5. The molecular weight excluding hydrogens is 328 g/mol. The Balaban J connectivity index is 1.53. The standard InChI is InChI=1S/C22H23ClN2/c1-16-3-2-13-25(16)14-12-21-10-6-19-15-18(7-11-22(19)24-21)17-4-8-20(23)9-5-17/h4-11,15-16H,2-3,12-14H2,1H3. The molecule has 1 unspecified atom stereocenters. The van der Waals surface area contributed by atoms with Gasteiger partial charge in [0.1, 0.15) is 0 Å². The fourth-order valence-electron chi connectivity index (χ4n) is 3.71. The van der Waals surface area contributed by atoms with E-state index in [0.717, 1.165) is 29.5 Å². The van der Waals surface area contributed by atoms with E-state index in [1.54, 1.807) is 0 Å². The Labute approximate surface area is 154 Å². The van der Waals surface area contributed by atoms with Crippen LogP contribution >= 0.6 is 11.6 Å². The molecule has 0 bridgehead atoms. The van der Waals surface area contributed by atoms with E-state index in [4.69, 9.17) is 16.6 Å². The van der Waals surface area contributed by atoms with E-state index in [2.05, 4.69) is 54.3 Å². The molecule has 128 valence electrons. The topological polar surface area (TPSA) is 16.1 Å². The highest BCUT2D eigenvalue weighted by Gasteiger charge is 2.19. The van der Waals surface area contributed by atoms with E-state index in [1.165, 1.54) is 41.6 Å². The molecule has 0 aliphatic carbocycles. The molecule has 0 radical (unpaired) electrons. The summed E-state index contributed by atoms with van der Waals surface area (Å²) in [6.07, 6.45) is 3.69. The smallest absolute Gasteiger partial charge is 0.0705 e. The monoisotopic (exact) mass is 350 g/mol. The summed E-state index contributed by atoms with van der Waals surface area (Å²) in [6, 6.07) is 19.6. The summed E-state index contributed by atoms with van der Waals surface area (Å²) in [6.45, 7) is 4.68. The molecule has 1 fully saturated rings. The van der Waals surface area contributed by atoms with E-state index < -0.39 is 0 Å². The van der Waals surface area contributed by atoms with Crippen molar-refractivity contribution in [2.24, 2.45) is 0 Å². The van der Waals surface area contributed by atoms with Crippen LogP contribution in [0.15, 0.2) is 54.6 Å². The van der Waals surface area contributed by atoms with Crippen molar-refractivity contribution >= 4 is 22.5 Å². The molecule has 3 heteroatoms. The van der Waals surface area contributed by atoms with E-state index >= 15 is 0 Å². The number of likely N-dealkylation sites (tertiary alicyclic amines) is 1. The van der Waals surface area contributed by atoms with Crippen LogP contribution in [0.2, 0.25) is 5.02 Å². The van der Waals surface area contributed by atoms with Gasteiger partial charge in [0.15, 0.2) is 0 Å². The Morgan fingerprint density at radius 2 is 1.84 bits per heavy atom. The fourth-order valence-corrected chi connectivity index (χ4v) is 3.84. The number of fused-ring (bicyclic) bond motifs is 1. The lowest BCUT2D eigenvalue weighted by atomic mass is 10.0. The number of benzene rings is 2. The molecule has 1 aliphatic rings. The third-order valence-corrected chi connectivity index (χ3v) is 5.52. The van der Waals surface area contributed by atoms with Crippen molar-refractivity contribution < 1.29 is 0 Å². The van der Waals surface area contributed by atoms with E-state index in [9.17, 15) is 0 Å².